The van der Waals surface area contributed by atoms with E-state index in [9.17, 15) is 9.59 Å². The number of imide groups is 1. The highest BCUT2D eigenvalue weighted by molar-refractivity contribution is 9.10. The van der Waals surface area contributed by atoms with Gasteiger partial charge in [-0.05, 0) is 5.92 Å². The molecule has 1 atom stereocenters. The first kappa shape index (κ1) is 10.4. The van der Waals surface area contributed by atoms with E-state index in [0.29, 0.717) is 0 Å². The van der Waals surface area contributed by atoms with Gasteiger partial charge >= 0.3 is 6.03 Å². The summed E-state index contributed by atoms with van der Waals surface area (Å²) in [5, 5.41) is 1.98. The van der Waals surface area contributed by atoms with Crippen LogP contribution in [0.3, 0.4) is 0 Å². The molecular weight excluding hydrogens is 212 g/mol. The molecule has 0 heterocycles. The highest BCUT2D eigenvalue weighted by atomic mass is 79.9. The van der Waals surface area contributed by atoms with Crippen molar-refractivity contribution < 1.29 is 9.59 Å². The third kappa shape index (κ3) is 3.98. The lowest BCUT2D eigenvalue weighted by atomic mass is 10.1. The average molecular weight is 223 g/mol. The number of rotatable bonds is 2. The van der Waals surface area contributed by atoms with Gasteiger partial charge in [0.2, 0.25) is 5.91 Å². The Bertz CT molecular complexity index is 170. The van der Waals surface area contributed by atoms with Crippen LogP contribution in [-0.2, 0) is 4.79 Å². The third-order valence-corrected chi connectivity index (χ3v) is 2.56. The van der Waals surface area contributed by atoms with Crippen LogP contribution in [0.1, 0.15) is 13.8 Å². The Morgan fingerprint density at radius 3 is 2.18 bits per heavy atom. The minimum atomic E-state index is -0.819. The van der Waals surface area contributed by atoms with E-state index in [4.69, 9.17) is 5.73 Å². The van der Waals surface area contributed by atoms with Crippen LogP contribution in [0.5, 0.6) is 0 Å². The van der Waals surface area contributed by atoms with Crippen molar-refractivity contribution in [1.29, 1.82) is 0 Å². The quantitative estimate of drug-likeness (QED) is 0.673. The summed E-state index contributed by atoms with van der Waals surface area (Å²) in [6, 6.07) is -0.819. The first-order valence-electron chi connectivity index (χ1n) is 3.19. The fourth-order valence-electron chi connectivity index (χ4n) is 0.493. The molecule has 0 rings (SSSR count). The van der Waals surface area contributed by atoms with Gasteiger partial charge in [-0.1, -0.05) is 29.8 Å². The molecule has 3 amide bonds. The summed E-state index contributed by atoms with van der Waals surface area (Å²) in [6.45, 7) is 3.72. The van der Waals surface area contributed by atoms with E-state index in [1.165, 1.54) is 0 Å². The Kier molecular flexibility index (Phi) is 4.10. The van der Waals surface area contributed by atoms with E-state index < -0.39 is 11.9 Å². The van der Waals surface area contributed by atoms with Crippen LogP contribution in [-0.4, -0.2) is 16.8 Å². The van der Waals surface area contributed by atoms with Gasteiger partial charge in [0.05, 0.1) is 4.83 Å². The summed E-state index contributed by atoms with van der Waals surface area (Å²) in [5.41, 5.74) is 4.74. The van der Waals surface area contributed by atoms with E-state index in [1.54, 1.807) is 0 Å². The molecule has 0 spiro atoms. The number of hydrogen-bond donors (Lipinski definition) is 2. The van der Waals surface area contributed by atoms with Gasteiger partial charge in [-0.25, -0.2) is 4.79 Å². The van der Waals surface area contributed by atoms with Crippen molar-refractivity contribution in [3.63, 3.8) is 0 Å². The topological polar surface area (TPSA) is 72.2 Å². The number of nitrogens with two attached hydrogens (primary N) is 1. The summed E-state index contributed by atoms with van der Waals surface area (Å²) in [4.78, 5) is 20.8. The second-order valence-corrected chi connectivity index (χ2v) is 3.49. The van der Waals surface area contributed by atoms with Gasteiger partial charge in [-0.15, -0.1) is 0 Å². The first-order chi connectivity index (χ1) is 4.95. The number of alkyl halides is 1. The molecule has 0 radical (unpaired) electrons. The number of primary amides is 1. The number of urea groups is 1. The molecule has 0 aromatic heterocycles. The molecule has 0 saturated heterocycles. The molecule has 0 aromatic rings. The van der Waals surface area contributed by atoms with Crippen LogP contribution in [0.2, 0.25) is 0 Å². The predicted molar refractivity (Wildman–Crippen MR) is 45.3 cm³/mol. The van der Waals surface area contributed by atoms with Crippen molar-refractivity contribution in [2.75, 3.05) is 0 Å². The molecule has 0 fully saturated rings. The summed E-state index contributed by atoms with van der Waals surface area (Å²) < 4.78 is 0. The molecule has 64 valence electrons. The minimum Gasteiger partial charge on any atom is -0.351 e. The SMILES string of the molecule is CC(C)[C@H](Br)C(=O)NC(N)=O. The molecule has 0 aliphatic carbocycles. The molecule has 0 aliphatic heterocycles. The Labute approximate surface area is 73.6 Å². The van der Waals surface area contributed by atoms with Gasteiger partial charge in [0.25, 0.3) is 0 Å². The monoisotopic (exact) mass is 222 g/mol. The molecule has 0 unspecified atom stereocenters. The zero-order valence-corrected chi connectivity index (χ0v) is 8.01. The van der Waals surface area contributed by atoms with Gasteiger partial charge in [-0.2, -0.15) is 0 Å². The van der Waals surface area contributed by atoms with Crippen molar-refractivity contribution in [3.8, 4) is 0 Å². The summed E-state index contributed by atoms with van der Waals surface area (Å²) in [7, 11) is 0. The number of hydrogen-bond acceptors (Lipinski definition) is 2. The lowest BCUT2D eigenvalue weighted by Crippen LogP contribution is -2.41. The second-order valence-electron chi connectivity index (χ2n) is 2.50. The first-order valence-corrected chi connectivity index (χ1v) is 4.11. The van der Waals surface area contributed by atoms with Crippen molar-refractivity contribution in [1.82, 2.24) is 5.32 Å². The smallest absolute Gasteiger partial charge is 0.318 e. The van der Waals surface area contributed by atoms with Crippen molar-refractivity contribution in [3.05, 3.63) is 0 Å². The number of carbonyl (C=O) groups excluding carboxylic acids is 2. The van der Waals surface area contributed by atoms with Gasteiger partial charge in [0, 0.05) is 0 Å². The van der Waals surface area contributed by atoms with Crippen molar-refractivity contribution in [2.45, 2.75) is 18.7 Å². The van der Waals surface area contributed by atoms with Crippen LogP contribution in [0.25, 0.3) is 0 Å². The largest absolute Gasteiger partial charge is 0.351 e. The highest BCUT2D eigenvalue weighted by Gasteiger charge is 2.19. The molecule has 0 aromatic carbocycles. The number of carbonyl (C=O) groups is 2. The number of halogens is 1. The maximum absolute atomic E-state index is 10.9. The Hall–Kier alpha value is -0.580. The van der Waals surface area contributed by atoms with E-state index in [2.05, 4.69) is 15.9 Å². The molecule has 0 aliphatic rings. The molecule has 4 nitrogen and oxygen atoms in total. The fraction of sp³-hybridized carbons (Fsp3) is 0.667. The van der Waals surface area contributed by atoms with Gasteiger partial charge in [0.15, 0.2) is 0 Å². The molecule has 0 bridgehead atoms. The summed E-state index contributed by atoms with van der Waals surface area (Å²) in [5.74, 6) is -0.262. The van der Waals surface area contributed by atoms with Crippen LogP contribution in [0.4, 0.5) is 4.79 Å². The molecular formula is C6H11BrN2O2. The van der Waals surface area contributed by atoms with Crippen molar-refractivity contribution in [2.24, 2.45) is 11.7 Å². The van der Waals surface area contributed by atoms with Crippen LogP contribution >= 0.6 is 15.9 Å². The molecule has 3 N–H and O–H groups in total. The maximum Gasteiger partial charge on any atom is 0.318 e. The normalized spacial score (nSPS) is 12.7. The molecule has 11 heavy (non-hydrogen) atoms. The zero-order valence-electron chi connectivity index (χ0n) is 6.43. The summed E-state index contributed by atoms with van der Waals surface area (Å²) in [6.07, 6.45) is 0. The van der Waals surface area contributed by atoms with E-state index in [0.717, 1.165) is 0 Å². The van der Waals surface area contributed by atoms with Crippen molar-refractivity contribution >= 4 is 27.9 Å². The van der Waals surface area contributed by atoms with Gasteiger partial charge in [-0.3, -0.25) is 10.1 Å². The Morgan fingerprint density at radius 2 is 1.91 bits per heavy atom. The molecule has 0 saturated carbocycles. The highest BCUT2D eigenvalue weighted by Crippen LogP contribution is 2.11. The standard InChI is InChI=1S/C6H11BrN2O2/c1-3(2)4(7)5(10)9-6(8)11/h3-4H,1-2H3,(H3,8,9,10,11)/t4-/m0/s1. The Balaban J connectivity index is 3.93. The van der Waals surface area contributed by atoms with E-state index in [1.807, 2.05) is 19.2 Å². The predicted octanol–water partition coefficient (Wildman–Crippen LogP) is 0.601. The number of amides is 3. The fourth-order valence-corrected chi connectivity index (χ4v) is 0.608. The zero-order chi connectivity index (χ0) is 9.02. The van der Waals surface area contributed by atoms with Crippen LogP contribution < -0.4 is 11.1 Å². The van der Waals surface area contributed by atoms with Crippen LogP contribution in [0, 0.1) is 5.92 Å². The minimum absolute atomic E-state index is 0.134. The number of nitrogens with one attached hydrogen (secondary N) is 1. The van der Waals surface area contributed by atoms with E-state index in [-0.39, 0.29) is 10.7 Å². The van der Waals surface area contributed by atoms with Gasteiger partial charge in [0.1, 0.15) is 0 Å². The van der Waals surface area contributed by atoms with Gasteiger partial charge < -0.3 is 5.73 Å². The Morgan fingerprint density at radius 1 is 1.45 bits per heavy atom. The van der Waals surface area contributed by atoms with Crippen LogP contribution in [0.15, 0.2) is 0 Å². The van der Waals surface area contributed by atoms with E-state index >= 15 is 0 Å². The summed E-state index contributed by atoms with van der Waals surface area (Å²) >= 11 is 3.12. The second kappa shape index (κ2) is 4.33. The average Bonchev–Trinajstić information content (AvgIpc) is 1.84. The lowest BCUT2D eigenvalue weighted by Gasteiger charge is -2.11. The molecule has 5 heteroatoms. The maximum atomic E-state index is 10.9. The lowest BCUT2D eigenvalue weighted by molar-refractivity contribution is -0.119. The third-order valence-electron chi connectivity index (χ3n) is 1.08.